The lowest BCUT2D eigenvalue weighted by atomic mass is 10.1. The number of aliphatic imine (C=N–C) groups is 1. The first-order valence-electron chi connectivity index (χ1n) is 5.16. The highest BCUT2D eigenvalue weighted by atomic mass is 15.4. The minimum Gasteiger partial charge on any atom is -0.341 e. The summed E-state index contributed by atoms with van der Waals surface area (Å²) < 4.78 is 0. The standard InChI is InChI=1S/C10H19N3/c1-10(2,3)13-7-4-6-12-8-5-11-9(12)13/h4-8H2,1-3H3. The Morgan fingerprint density at radius 3 is 2.62 bits per heavy atom. The molecule has 13 heavy (non-hydrogen) atoms. The first-order valence-corrected chi connectivity index (χ1v) is 5.16. The molecule has 3 nitrogen and oxygen atoms in total. The average molecular weight is 181 g/mol. The number of hydrogen-bond acceptors (Lipinski definition) is 3. The van der Waals surface area contributed by atoms with Crippen LogP contribution in [0.3, 0.4) is 0 Å². The molecule has 0 aromatic carbocycles. The zero-order valence-corrected chi connectivity index (χ0v) is 8.88. The van der Waals surface area contributed by atoms with Gasteiger partial charge in [0.1, 0.15) is 0 Å². The van der Waals surface area contributed by atoms with Crippen molar-refractivity contribution in [1.29, 1.82) is 0 Å². The van der Waals surface area contributed by atoms with E-state index in [4.69, 9.17) is 0 Å². The topological polar surface area (TPSA) is 18.8 Å². The van der Waals surface area contributed by atoms with E-state index in [2.05, 4.69) is 35.6 Å². The molecule has 2 heterocycles. The molecule has 2 aliphatic heterocycles. The van der Waals surface area contributed by atoms with Crippen LogP contribution in [0.5, 0.6) is 0 Å². The van der Waals surface area contributed by atoms with Crippen molar-refractivity contribution in [3.63, 3.8) is 0 Å². The molecule has 1 fully saturated rings. The third kappa shape index (κ3) is 1.52. The Morgan fingerprint density at radius 2 is 1.92 bits per heavy atom. The monoisotopic (exact) mass is 181 g/mol. The molecule has 1 saturated heterocycles. The maximum absolute atomic E-state index is 4.57. The second kappa shape index (κ2) is 2.89. The van der Waals surface area contributed by atoms with Gasteiger partial charge in [0.05, 0.1) is 6.54 Å². The van der Waals surface area contributed by atoms with Crippen LogP contribution in [0.1, 0.15) is 27.2 Å². The van der Waals surface area contributed by atoms with E-state index in [1.165, 1.54) is 25.5 Å². The van der Waals surface area contributed by atoms with Gasteiger partial charge in [-0.3, -0.25) is 4.99 Å². The molecule has 0 aliphatic carbocycles. The summed E-state index contributed by atoms with van der Waals surface area (Å²) in [7, 11) is 0. The summed E-state index contributed by atoms with van der Waals surface area (Å²) >= 11 is 0. The first kappa shape index (κ1) is 8.85. The maximum atomic E-state index is 4.57. The normalized spacial score (nSPS) is 23.2. The number of rotatable bonds is 0. The molecule has 3 heteroatoms. The molecular weight excluding hydrogens is 162 g/mol. The Morgan fingerprint density at radius 1 is 1.15 bits per heavy atom. The quantitative estimate of drug-likeness (QED) is 0.558. The summed E-state index contributed by atoms with van der Waals surface area (Å²) in [5.41, 5.74) is 0.224. The maximum Gasteiger partial charge on any atom is 0.197 e. The molecule has 2 rings (SSSR count). The molecule has 0 spiro atoms. The SMILES string of the molecule is CC(C)(C)N1CCCN2CCN=C21. The van der Waals surface area contributed by atoms with Crippen LogP contribution >= 0.6 is 0 Å². The van der Waals surface area contributed by atoms with Crippen molar-refractivity contribution in [2.24, 2.45) is 4.99 Å². The zero-order valence-electron chi connectivity index (χ0n) is 8.88. The van der Waals surface area contributed by atoms with E-state index in [-0.39, 0.29) is 5.54 Å². The fraction of sp³-hybridized carbons (Fsp3) is 0.900. The van der Waals surface area contributed by atoms with Crippen LogP contribution in [-0.2, 0) is 0 Å². The van der Waals surface area contributed by atoms with Crippen molar-refractivity contribution >= 4 is 5.96 Å². The van der Waals surface area contributed by atoms with Gasteiger partial charge in [0.15, 0.2) is 5.96 Å². The van der Waals surface area contributed by atoms with Crippen LogP contribution in [0.15, 0.2) is 4.99 Å². The Labute approximate surface area is 80.4 Å². The Kier molecular flexibility index (Phi) is 1.97. The Balaban J connectivity index is 2.19. The molecular formula is C10H19N3. The molecule has 0 amide bonds. The smallest absolute Gasteiger partial charge is 0.197 e. The van der Waals surface area contributed by atoms with E-state index in [0.29, 0.717) is 0 Å². The number of hydrogen-bond donors (Lipinski definition) is 0. The van der Waals surface area contributed by atoms with Crippen LogP contribution in [0, 0.1) is 0 Å². The summed E-state index contributed by atoms with van der Waals surface area (Å²) in [6, 6.07) is 0. The van der Waals surface area contributed by atoms with E-state index >= 15 is 0 Å². The van der Waals surface area contributed by atoms with Crippen molar-refractivity contribution in [2.45, 2.75) is 32.7 Å². The van der Waals surface area contributed by atoms with Crippen LogP contribution < -0.4 is 0 Å². The summed E-state index contributed by atoms with van der Waals surface area (Å²) in [6.07, 6.45) is 1.27. The largest absolute Gasteiger partial charge is 0.341 e. The van der Waals surface area contributed by atoms with Crippen LogP contribution in [-0.4, -0.2) is 47.5 Å². The molecule has 74 valence electrons. The predicted octanol–water partition coefficient (Wildman–Crippen LogP) is 1.16. The minimum atomic E-state index is 0.224. The molecule has 0 aromatic heterocycles. The molecule has 0 unspecified atom stereocenters. The van der Waals surface area contributed by atoms with Crippen molar-refractivity contribution in [1.82, 2.24) is 9.80 Å². The Bertz CT molecular complexity index is 227. The van der Waals surface area contributed by atoms with Gasteiger partial charge in [-0.05, 0) is 27.2 Å². The highest BCUT2D eigenvalue weighted by molar-refractivity contribution is 5.82. The van der Waals surface area contributed by atoms with Gasteiger partial charge in [-0.1, -0.05) is 0 Å². The molecule has 0 aromatic rings. The van der Waals surface area contributed by atoms with Gasteiger partial charge in [0.2, 0.25) is 0 Å². The number of guanidine groups is 1. The lowest BCUT2D eigenvalue weighted by molar-refractivity contribution is 0.175. The van der Waals surface area contributed by atoms with E-state index in [0.717, 1.165) is 13.1 Å². The van der Waals surface area contributed by atoms with Gasteiger partial charge in [-0.15, -0.1) is 0 Å². The highest BCUT2D eigenvalue weighted by Gasteiger charge is 2.33. The molecule has 0 N–H and O–H groups in total. The fourth-order valence-corrected chi connectivity index (χ4v) is 2.09. The Hall–Kier alpha value is -0.730. The molecule has 0 bridgehead atoms. The summed E-state index contributed by atoms with van der Waals surface area (Å²) in [5.74, 6) is 1.23. The number of fused-ring (bicyclic) bond motifs is 1. The van der Waals surface area contributed by atoms with Crippen molar-refractivity contribution in [3.05, 3.63) is 0 Å². The van der Waals surface area contributed by atoms with Gasteiger partial charge in [0, 0.05) is 25.2 Å². The second-order valence-corrected chi connectivity index (χ2v) is 4.84. The summed E-state index contributed by atoms with van der Waals surface area (Å²) in [4.78, 5) is 9.42. The van der Waals surface area contributed by atoms with Crippen molar-refractivity contribution < 1.29 is 0 Å². The minimum absolute atomic E-state index is 0.224. The van der Waals surface area contributed by atoms with E-state index in [1.807, 2.05) is 0 Å². The fourth-order valence-electron chi connectivity index (χ4n) is 2.09. The van der Waals surface area contributed by atoms with Crippen molar-refractivity contribution in [2.75, 3.05) is 26.2 Å². The molecule has 0 radical (unpaired) electrons. The molecule has 0 saturated carbocycles. The van der Waals surface area contributed by atoms with Crippen molar-refractivity contribution in [3.8, 4) is 0 Å². The molecule has 0 atom stereocenters. The zero-order chi connectivity index (χ0) is 9.47. The van der Waals surface area contributed by atoms with Gasteiger partial charge in [-0.25, -0.2) is 0 Å². The van der Waals surface area contributed by atoms with E-state index < -0.39 is 0 Å². The summed E-state index contributed by atoms with van der Waals surface area (Å²) in [5, 5.41) is 0. The van der Waals surface area contributed by atoms with Gasteiger partial charge >= 0.3 is 0 Å². The lowest BCUT2D eigenvalue weighted by Crippen LogP contribution is -2.55. The number of nitrogens with zero attached hydrogens (tertiary/aromatic N) is 3. The molecule has 2 aliphatic rings. The third-order valence-corrected chi connectivity index (χ3v) is 2.77. The van der Waals surface area contributed by atoms with Crippen LogP contribution in [0.2, 0.25) is 0 Å². The van der Waals surface area contributed by atoms with E-state index in [1.54, 1.807) is 0 Å². The van der Waals surface area contributed by atoms with Gasteiger partial charge < -0.3 is 9.80 Å². The van der Waals surface area contributed by atoms with Gasteiger partial charge in [-0.2, -0.15) is 0 Å². The third-order valence-electron chi connectivity index (χ3n) is 2.77. The van der Waals surface area contributed by atoms with E-state index in [9.17, 15) is 0 Å². The van der Waals surface area contributed by atoms with Crippen LogP contribution in [0.4, 0.5) is 0 Å². The average Bonchev–Trinajstić information content (AvgIpc) is 2.48. The predicted molar refractivity (Wildman–Crippen MR) is 55.0 cm³/mol. The summed E-state index contributed by atoms with van der Waals surface area (Å²) in [6.45, 7) is 11.3. The van der Waals surface area contributed by atoms with Crippen LogP contribution in [0.25, 0.3) is 0 Å². The first-order chi connectivity index (χ1) is 6.09. The second-order valence-electron chi connectivity index (χ2n) is 4.84. The lowest BCUT2D eigenvalue weighted by Gasteiger charge is -2.44. The highest BCUT2D eigenvalue weighted by Crippen LogP contribution is 2.22. The van der Waals surface area contributed by atoms with Gasteiger partial charge in [0.25, 0.3) is 0 Å².